The highest BCUT2D eigenvalue weighted by Crippen LogP contribution is 2.42. The van der Waals surface area contributed by atoms with Gasteiger partial charge in [0.25, 0.3) is 5.91 Å². The molecular formula is C16H12Cl3NOS. The highest BCUT2D eigenvalue weighted by Gasteiger charge is 2.33. The average molecular weight is 373 g/mol. The van der Waals surface area contributed by atoms with E-state index >= 15 is 0 Å². The molecule has 1 aliphatic rings. The summed E-state index contributed by atoms with van der Waals surface area (Å²) in [6, 6.07) is 12.5. The van der Waals surface area contributed by atoms with Crippen LogP contribution in [-0.4, -0.2) is 23.1 Å². The number of hydrogen-bond donors (Lipinski definition) is 0. The first-order valence-electron chi connectivity index (χ1n) is 6.70. The van der Waals surface area contributed by atoms with Crippen LogP contribution in [0.25, 0.3) is 0 Å². The van der Waals surface area contributed by atoms with Gasteiger partial charge in [0.2, 0.25) is 0 Å². The summed E-state index contributed by atoms with van der Waals surface area (Å²) >= 11 is 20.1. The minimum absolute atomic E-state index is 0.0772. The Labute approximate surface area is 148 Å². The first-order valence-corrected chi connectivity index (χ1v) is 8.88. The minimum Gasteiger partial charge on any atom is -0.322 e. The Morgan fingerprint density at radius 3 is 2.59 bits per heavy atom. The number of amides is 1. The van der Waals surface area contributed by atoms with Gasteiger partial charge in [-0.05, 0) is 24.3 Å². The van der Waals surface area contributed by atoms with Gasteiger partial charge < -0.3 is 4.90 Å². The first-order chi connectivity index (χ1) is 10.6. The summed E-state index contributed by atoms with van der Waals surface area (Å²) in [5, 5.41) is 1.50. The van der Waals surface area contributed by atoms with E-state index < -0.39 is 0 Å². The zero-order valence-electron chi connectivity index (χ0n) is 11.4. The smallest absolute Gasteiger partial charge is 0.256 e. The lowest BCUT2D eigenvalue weighted by molar-refractivity contribution is 0.0760. The van der Waals surface area contributed by atoms with Crippen molar-refractivity contribution in [2.75, 3.05) is 12.3 Å². The molecule has 1 fully saturated rings. The summed E-state index contributed by atoms with van der Waals surface area (Å²) in [4.78, 5) is 14.6. The third kappa shape index (κ3) is 3.09. The molecule has 3 rings (SSSR count). The number of carbonyl (C=O) groups is 1. The molecule has 0 saturated carbocycles. The molecule has 1 amide bonds. The summed E-state index contributed by atoms with van der Waals surface area (Å²) in [6.07, 6.45) is 0. The number of carbonyl (C=O) groups excluding carboxylic acids is 1. The molecule has 0 radical (unpaired) electrons. The van der Waals surface area contributed by atoms with Gasteiger partial charge in [0.1, 0.15) is 5.37 Å². The number of nitrogens with zero attached hydrogens (tertiary/aromatic N) is 1. The Bertz CT molecular complexity index is 722. The molecule has 114 valence electrons. The largest absolute Gasteiger partial charge is 0.322 e. The van der Waals surface area contributed by atoms with Crippen LogP contribution in [0.5, 0.6) is 0 Å². The Balaban J connectivity index is 1.93. The van der Waals surface area contributed by atoms with Crippen LogP contribution in [-0.2, 0) is 0 Å². The molecule has 2 nitrogen and oxygen atoms in total. The highest BCUT2D eigenvalue weighted by atomic mass is 35.5. The van der Waals surface area contributed by atoms with Gasteiger partial charge in [-0.3, -0.25) is 4.79 Å². The molecule has 2 aromatic rings. The quantitative estimate of drug-likeness (QED) is 0.690. The van der Waals surface area contributed by atoms with Crippen LogP contribution < -0.4 is 0 Å². The number of halogens is 3. The van der Waals surface area contributed by atoms with Crippen LogP contribution in [0.4, 0.5) is 0 Å². The van der Waals surface area contributed by atoms with Crippen molar-refractivity contribution in [3.05, 3.63) is 68.7 Å². The standard InChI is InChI=1S/C16H12Cl3NOS/c17-10-5-6-12(14(19)9-10)16-20(7-8-22-16)15(21)11-3-1-2-4-13(11)18/h1-6,9,16H,7-8H2/t16-/m0/s1. The molecule has 6 heteroatoms. The summed E-state index contributed by atoms with van der Waals surface area (Å²) in [5.74, 6) is 0.784. The van der Waals surface area contributed by atoms with Crippen LogP contribution in [0, 0.1) is 0 Å². The van der Waals surface area contributed by atoms with Gasteiger partial charge in [-0.25, -0.2) is 0 Å². The minimum atomic E-state index is -0.117. The van der Waals surface area contributed by atoms with Gasteiger partial charge in [0.05, 0.1) is 10.6 Å². The van der Waals surface area contributed by atoms with Crippen molar-refractivity contribution in [1.29, 1.82) is 0 Å². The maximum absolute atomic E-state index is 12.8. The van der Waals surface area contributed by atoms with Crippen molar-refractivity contribution in [2.24, 2.45) is 0 Å². The normalized spacial score (nSPS) is 17.8. The van der Waals surface area contributed by atoms with Gasteiger partial charge in [0, 0.05) is 27.9 Å². The van der Waals surface area contributed by atoms with Crippen molar-refractivity contribution < 1.29 is 4.79 Å². The molecule has 0 unspecified atom stereocenters. The van der Waals surface area contributed by atoms with Crippen molar-refractivity contribution >= 4 is 52.5 Å². The molecule has 1 atom stereocenters. The van der Waals surface area contributed by atoms with E-state index in [0.717, 1.165) is 11.3 Å². The Morgan fingerprint density at radius 1 is 1.09 bits per heavy atom. The maximum Gasteiger partial charge on any atom is 0.256 e. The topological polar surface area (TPSA) is 20.3 Å². The highest BCUT2D eigenvalue weighted by molar-refractivity contribution is 7.99. The van der Waals surface area contributed by atoms with Gasteiger partial charge in [-0.2, -0.15) is 0 Å². The lowest BCUT2D eigenvalue weighted by Crippen LogP contribution is -2.30. The summed E-state index contributed by atoms with van der Waals surface area (Å²) in [6.45, 7) is 0.665. The molecule has 0 bridgehead atoms. The lowest BCUT2D eigenvalue weighted by atomic mass is 10.1. The summed E-state index contributed by atoms with van der Waals surface area (Å²) in [5.41, 5.74) is 1.41. The molecule has 22 heavy (non-hydrogen) atoms. The summed E-state index contributed by atoms with van der Waals surface area (Å²) in [7, 11) is 0. The Kier molecular flexibility index (Phi) is 4.88. The van der Waals surface area contributed by atoms with Crippen LogP contribution in [0.15, 0.2) is 42.5 Å². The molecule has 1 heterocycles. The molecule has 1 saturated heterocycles. The van der Waals surface area contributed by atoms with Gasteiger partial charge in [-0.1, -0.05) is 53.0 Å². The predicted molar refractivity (Wildman–Crippen MR) is 94.1 cm³/mol. The van der Waals surface area contributed by atoms with Crippen LogP contribution in [0.2, 0.25) is 15.1 Å². The van der Waals surface area contributed by atoms with E-state index in [2.05, 4.69) is 0 Å². The molecule has 0 spiro atoms. The van der Waals surface area contributed by atoms with E-state index in [0.29, 0.717) is 27.2 Å². The van der Waals surface area contributed by atoms with E-state index in [1.165, 1.54) is 0 Å². The van der Waals surface area contributed by atoms with E-state index in [4.69, 9.17) is 34.8 Å². The van der Waals surface area contributed by atoms with Crippen LogP contribution in [0.3, 0.4) is 0 Å². The van der Waals surface area contributed by atoms with Crippen molar-refractivity contribution in [3.63, 3.8) is 0 Å². The fourth-order valence-electron chi connectivity index (χ4n) is 2.43. The Morgan fingerprint density at radius 2 is 1.86 bits per heavy atom. The third-order valence-corrected chi connectivity index (χ3v) is 5.62. The van der Waals surface area contributed by atoms with Gasteiger partial charge >= 0.3 is 0 Å². The van der Waals surface area contributed by atoms with Crippen molar-refractivity contribution in [2.45, 2.75) is 5.37 Å². The van der Waals surface area contributed by atoms with E-state index in [1.807, 2.05) is 18.2 Å². The average Bonchev–Trinajstić information content (AvgIpc) is 2.96. The predicted octanol–water partition coefficient (Wildman–Crippen LogP) is 5.53. The second-order valence-corrected chi connectivity index (χ2v) is 7.31. The van der Waals surface area contributed by atoms with Crippen LogP contribution in [0.1, 0.15) is 21.3 Å². The zero-order chi connectivity index (χ0) is 15.7. The third-order valence-electron chi connectivity index (χ3n) is 3.48. The number of hydrogen-bond acceptors (Lipinski definition) is 2. The van der Waals surface area contributed by atoms with E-state index in [1.54, 1.807) is 40.9 Å². The second-order valence-electron chi connectivity index (χ2n) is 4.87. The number of benzene rings is 2. The number of thioether (sulfide) groups is 1. The second kappa shape index (κ2) is 6.71. The van der Waals surface area contributed by atoms with Gasteiger partial charge in [0.15, 0.2) is 0 Å². The van der Waals surface area contributed by atoms with Gasteiger partial charge in [-0.15, -0.1) is 11.8 Å². The zero-order valence-corrected chi connectivity index (χ0v) is 14.5. The van der Waals surface area contributed by atoms with Crippen molar-refractivity contribution in [3.8, 4) is 0 Å². The summed E-state index contributed by atoms with van der Waals surface area (Å²) < 4.78 is 0. The molecular weight excluding hydrogens is 361 g/mol. The SMILES string of the molecule is O=C(c1ccccc1Cl)N1CCS[C@H]1c1ccc(Cl)cc1Cl. The van der Waals surface area contributed by atoms with Crippen LogP contribution >= 0.6 is 46.6 Å². The maximum atomic E-state index is 12.8. The fraction of sp³-hybridized carbons (Fsp3) is 0.188. The molecule has 1 aliphatic heterocycles. The fourth-order valence-corrected chi connectivity index (χ4v) is 4.51. The lowest BCUT2D eigenvalue weighted by Gasteiger charge is -2.25. The molecule has 0 aliphatic carbocycles. The number of rotatable bonds is 2. The van der Waals surface area contributed by atoms with E-state index in [-0.39, 0.29) is 11.3 Å². The Hall–Kier alpha value is -0.870. The monoisotopic (exact) mass is 371 g/mol. The molecule has 0 N–H and O–H groups in total. The molecule has 2 aromatic carbocycles. The van der Waals surface area contributed by atoms with Crippen molar-refractivity contribution in [1.82, 2.24) is 4.90 Å². The first kappa shape index (κ1) is 16.0. The molecule has 0 aromatic heterocycles. The van der Waals surface area contributed by atoms with E-state index in [9.17, 15) is 4.79 Å².